The molecule has 0 bridgehead atoms. The number of alkyl halides is 3. The number of halogens is 3. The quantitative estimate of drug-likeness (QED) is 0.597. The van der Waals surface area contributed by atoms with Gasteiger partial charge in [-0.3, -0.25) is 0 Å². The van der Waals surface area contributed by atoms with Crippen LogP contribution in [0.15, 0.2) is 4.42 Å². The summed E-state index contributed by atoms with van der Waals surface area (Å²) < 4.78 is 40.9. The fourth-order valence-electron chi connectivity index (χ4n) is 0.281. The molecule has 0 spiro atoms. The van der Waals surface area contributed by atoms with Gasteiger partial charge in [-0.1, -0.05) is 10.2 Å². The molecule has 0 saturated carbocycles. The number of aromatic nitrogens is 2. The summed E-state index contributed by atoms with van der Waals surface area (Å²) in [5, 5.41) is 5.63. The molecular formula is C3F3N2O2. The molecule has 0 aliphatic rings. The lowest BCUT2D eigenvalue weighted by Gasteiger charge is -2.01. The van der Waals surface area contributed by atoms with E-state index in [2.05, 4.69) is 19.4 Å². The van der Waals surface area contributed by atoms with Gasteiger partial charge in [0.05, 0.1) is 0 Å². The van der Waals surface area contributed by atoms with Gasteiger partial charge in [-0.05, 0) is 0 Å². The molecule has 0 fully saturated rings. The maximum absolute atomic E-state index is 11.3. The molecule has 1 aromatic rings. The molecule has 1 heterocycles. The van der Waals surface area contributed by atoms with Crippen LogP contribution in [0.1, 0.15) is 0 Å². The Morgan fingerprint density at radius 2 is 2.20 bits per heavy atom. The monoisotopic (exact) mass is 153 g/mol. The molecule has 0 amide bonds. The standard InChI is InChI=1S/C3F3N2O2/c4-3(5,6)10-2-8-7-1-9-2. The molecule has 1 rings (SSSR count). The van der Waals surface area contributed by atoms with Crippen LogP contribution in [-0.2, 0) is 0 Å². The smallest absolute Gasteiger partial charge is 0.383 e. The second kappa shape index (κ2) is 2.16. The lowest BCUT2D eigenvalue weighted by atomic mass is 11.2. The Hall–Kier alpha value is -1.27. The predicted molar refractivity (Wildman–Crippen MR) is 19.8 cm³/mol. The molecule has 0 N–H and O–H groups in total. The van der Waals surface area contributed by atoms with Crippen molar-refractivity contribution in [2.75, 3.05) is 0 Å². The van der Waals surface area contributed by atoms with E-state index in [1.54, 1.807) is 6.39 Å². The van der Waals surface area contributed by atoms with Crippen LogP contribution in [0.4, 0.5) is 13.2 Å². The van der Waals surface area contributed by atoms with Crippen molar-refractivity contribution in [3.05, 3.63) is 6.39 Å². The number of ether oxygens (including phenoxy) is 1. The first-order valence-electron chi connectivity index (χ1n) is 2.03. The maximum atomic E-state index is 11.3. The Bertz CT molecular complexity index is 194. The third-order valence-corrected chi connectivity index (χ3v) is 0.508. The SMILES string of the molecule is FC(F)(F)Oc1nn[c]o1. The molecule has 10 heavy (non-hydrogen) atoms. The van der Waals surface area contributed by atoms with Gasteiger partial charge >= 0.3 is 18.8 Å². The summed E-state index contributed by atoms with van der Waals surface area (Å²) in [7, 11) is 0. The summed E-state index contributed by atoms with van der Waals surface area (Å²) in [5.74, 6) is 0. The van der Waals surface area contributed by atoms with Crippen LogP contribution in [0.3, 0.4) is 0 Å². The number of rotatable bonds is 1. The summed E-state index contributed by atoms with van der Waals surface area (Å²) in [5.41, 5.74) is 0. The van der Waals surface area contributed by atoms with Crippen molar-refractivity contribution in [2.24, 2.45) is 0 Å². The summed E-state index contributed by atoms with van der Waals surface area (Å²) >= 11 is 0. The minimum Gasteiger partial charge on any atom is -0.383 e. The lowest BCUT2D eigenvalue weighted by Crippen LogP contribution is -2.17. The minimum absolute atomic E-state index is 0.965. The highest BCUT2D eigenvalue weighted by molar-refractivity contribution is 4.76. The Kier molecular flexibility index (Phi) is 1.48. The molecule has 0 saturated heterocycles. The van der Waals surface area contributed by atoms with Gasteiger partial charge in [-0.25, -0.2) is 0 Å². The van der Waals surface area contributed by atoms with Crippen molar-refractivity contribution < 1.29 is 22.3 Å². The normalized spacial score (nSPS) is 11.5. The van der Waals surface area contributed by atoms with E-state index in [0.717, 1.165) is 0 Å². The summed E-state index contributed by atoms with van der Waals surface area (Å²) in [4.78, 5) is 0. The first kappa shape index (κ1) is 6.84. The number of nitrogens with zero attached hydrogens (tertiary/aromatic N) is 2. The fraction of sp³-hybridized carbons (Fsp3) is 0.333. The van der Waals surface area contributed by atoms with E-state index in [-0.39, 0.29) is 0 Å². The van der Waals surface area contributed by atoms with Crippen LogP contribution in [0, 0.1) is 6.39 Å². The molecule has 55 valence electrons. The van der Waals surface area contributed by atoms with E-state index in [0.29, 0.717) is 0 Å². The van der Waals surface area contributed by atoms with Crippen LogP contribution in [0.2, 0.25) is 0 Å². The van der Waals surface area contributed by atoms with Crippen molar-refractivity contribution in [3.8, 4) is 6.08 Å². The van der Waals surface area contributed by atoms with Gasteiger partial charge in [-0.15, -0.1) is 13.2 Å². The van der Waals surface area contributed by atoms with Crippen LogP contribution in [0.5, 0.6) is 6.08 Å². The van der Waals surface area contributed by atoms with Crippen LogP contribution in [-0.4, -0.2) is 16.6 Å². The lowest BCUT2D eigenvalue weighted by molar-refractivity contribution is -0.282. The first-order chi connectivity index (χ1) is 4.58. The third-order valence-electron chi connectivity index (χ3n) is 0.508. The molecular weight excluding hydrogens is 153 g/mol. The van der Waals surface area contributed by atoms with E-state index in [9.17, 15) is 13.2 Å². The zero-order chi connectivity index (χ0) is 7.61. The molecule has 7 heteroatoms. The van der Waals surface area contributed by atoms with Gasteiger partial charge in [0.2, 0.25) is 0 Å². The van der Waals surface area contributed by atoms with Crippen molar-refractivity contribution in [3.63, 3.8) is 0 Å². The molecule has 1 aromatic heterocycles. The Labute approximate surface area is 52.6 Å². The highest BCUT2D eigenvalue weighted by Crippen LogP contribution is 2.19. The zero-order valence-corrected chi connectivity index (χ0v) is 4.34. The molecule has 1 radical (unpaired) electrons. The van der Waals surface area contributed by atoms with Gasteiger partial charge in [0.15, 0.2) is 0 Å². The molecule has 0 aromatic carbocycles. The highest BCUT2D eigenvalue weighted by Gasteiger charge is 2.33. The Morgan fingerprint density at radius 1 is 1.50 bits per heavy atom. The van der Waals surface area contributed by atoms with Crippen LogP contribution >= 0.6 is 0 Å². The van der Waals surface area contributed by atoms with Crippen molar-refractivity contribution in [1.29, 1.82) is 0 Å². The van der Waals surface area contributed by atoms with E-state index < -0.39 is 12.4 Å². The Balaban J connectivity index is 2.57. The van der Waals surface area contributed by atoms with Gasteiger partial charge in [-0.2, -0.15) is 0 Å². The summed E-state index contributed by atoms with van der Waals surface area (Å²) in [6, 6.07) is 0. The Morgan fingerprint density at radius 3 is 2.60 bits per heavy atom. The van der Waals surface area contributed by atoms with Gasteiger partial charge in [0.25, 0.3) is 0 Å². The average molecular weight is 153 g/mol. The topological polar surface area (TPSA) is 48.2 Å². The number of hydrogen-bond acceptors (Lipinski definition) is 4. The fourth-order valence-corrected chi connectivity index (χ4v) is 0.281. The minimum atomic E-state index is -4.79. The second-order valence-electron chi connectivity index (χ2n) is 1.21. The maximum Gasteiger partial charge on any atom is 0.576 e. The van der Waals surface area contributed by atoms with Crippen molar-refractivity contribution >= 4 is 0 Å². The van der Waals surface area contributed by atoms with Crippen LogP contribution in [0.25, 0.3) is 0 Å². The van der Waals surface area contributed by atoms with Gasteiger partial charge in [0, 0.05) is 0 Å². The van der Waals surface area contributed by atoms with Crippen LogP contribution < -0.4 is 4.74 Å². The van der Waals surface area contributed by atoms with E-state index in [1.807, 2.05) is 0 Å². The highest BCUT2D eigenvalue weighted by atomic mass is 19.4. The molecule has 0 unspecified atom stereocenters. The summed E-state index contributed by atoms with van der Waals surface area (Å²) in [6.07, 6.45) is -4.07. The van der Waals surface area contributed by atoms with E-state index in [4.69, 9.17) is 0 Å². The zero-order valence-electron chi connectivity index (χ0n) is 4.34. The van der Waals surface area contributed by atoms with Gasteiger partial charge in [0.1, 0.15) is 0 Å². The van der Waals surface area contributed by atoms with Crippen molar-refractivity contribution in [2.45, 2.75) is 6.36 Å². The second-order valence-corrected chi connectivity index (χ2v) is 1.21. The molecule has 4 nitrogen and oxygen atoms in total. The average Bonchev–Trinajstić information content (AvgIpc) is 2.12. The number of hydrogen-bond donors (Lipinski definition) is 0. The van der Waals surface area contributed by atoms with Gasteiger partial charge < -0.3 is 9.15 Å². The third kappa shape index (κ3) is 1.92. The predicted octanol–water partition coefficient (Wildman–Crippen LogP) is 0.768. The largest absolute Gasteiger partial charge is 0.576 e. The van der Waals surface area contributed by atoms with Crippen molar-refractivity contribution in [1.82, 2.24) is 10.2 Å². The molecule has 0 aliphatic carbocycles. The molecule has 0 aliphatic heterocycles. The first-order valence-corrected chi connectivity index (χ1v) is 2.03. The summed E-state index contributed by atoms with van der Waals surface area (Å²) in [6.45, 7) is 0. The molecule has 0 atom stereocenters. The van der Waals surface area contributed by atoms with E-state index in [1.165, 1.54) is 0 Å². The van der Waals surface area contributed by atoms with E-state index >= 15 is 0 Å².